The smallest absolute Gasteiger partial charge is 0.312 e. The molecule has 6 atom stereocenters. The molecule has 0 aliphatic carbocycles. The number of likely N-dealkylation sites (tertiary alicyclic amines) is 1. The number of hydrogen-bond donors (Lipinski definition) is 1. The SMILES string of the molecule is C=CCCCOC(=O)[C@@H]1[C@@H]2CCC3(O2)C(C(=O)N(CC=C)C(C)CCC)N(CCCO)C(=O)[C@H]13. The number of unbranched alkanes of at least 4 members (excludes halogenated alkanes) is 1. The van der Waals surface area contributed by atoms with Gasteiger partial charge in [-0.3, -0.25) is 14.4 Å². The van der Waals surface area contributed by atoms with Crippen LogP contribution in [0.15, 0.2) is 25.3 Å². The Morgan fingerprint density at radius 3 is 2.76 bits per heavy atom. The molecule has 8 heteroatoms. The van der Waals surface area contributed by atoms with Crippen molar-refractivity contribution in [3.63, 3.8) is 0 Å². The van der Waals surface area contributed by atoms with Crippen LogP contribution in [-0.4, -0.2) is 82.8 Å². The highest BCUT2D eigenvalue weighted by Crippen LogP contribution is 2.58. The highest BCUT2D eigenvalue weighted by molar-refractivity contribution is 5.98. The van der Waals surface area contributed by atoms with Crippen LogP contribution in [0.25, 0.3) is 0 Å². The topological polar surface area (TPSA) is 96.4 Å². The minimum Gasteiger partial charge on any atom is -0.465 e. The molecule has 1 spiro atoms. The van der Waals surface area contributed by atoms with Crippen LogP contribution in [0.3, 0.4) is 0 Å². The van der Waals surface area contributed by atoms with Gasteiger partial charge in [0.2, 0.25) is 11.8 Å². The average Bonchev–Trinajstić information content (AvgIpc) is 3.46. The van der Waals surface area contributed by atoms with Gasteiger partial charge in [-0.15, -0.1) is 13.2 Å². The molecule has 0 aromatic rings. The number of amides is 2. The number of aliphatic hydroxyl groups is 1. The fourth-order valence-corrected chi connectivity index (χ4v) is 6.04. The second-order valence-corrected chi connectivity index (χ2v) is 9.68. The summed E-state index contributed by atoms with van der Waals surface area (Å²) in [5.41, 5.74) is -1.04. The summed E-state index contributed by atoms with van der Waals surface area (Å²) in [5, 5.41) is 9.44. The summed E-state index contributed by atoms with van der Waals surface area (Å²) in [6, 6.07) is -0.843. The van der Waals surface area contributed by atoms with Crippen molar-refractivity contribution in [2.75, 3.05) is 26.3 Å². The molecule has 3 saturated heterocycles. The van der Waals surface area contributed by atoms with E-state index in [2.05, 4.69) is 20.1 Å². The van der Waals surface area contributed by atoms with Crippen LogP contribution in [0.4, 0.5) is 0 Å². The Kier molecular flexibility index (Phi) is 8.93. The lowest BCUT2D eigenvalue weighted by Crippen LogP contribution is -2.58. The van der Waals surface area contributed by atoms with Gasteiger partial charge in [-0.05, 0) is 45.4 Å². The van der Waals surface area contributed by atoms with E-state index >= 15 is 0 Å². The van der Waals surface area contributed by atoms with E-state index < -0.39 is 35.6 Å². The van der Waals surface area contributed by atoms with Gasteiger partial charge in [0, 0.05) is 25.7 Å². The van der Waals surface area contributed by atoms with Gasteiger partial charge in [-0.25, -0.2) is 0 Å². The summed E-state index contributed by atoms with van der Waals surface area (Å²) >= 11 is 0. The maximum atomic E-state index is 14.0. The summed E-state index contributed by atoms with van der Waals surface area (Å²) in [7, 11) is 0. The van der Waals surface area contributed by atoms with Crippen LogP contribution in [0, 0.1) is 11.8 Å². The number of nitrogens with zero attached hydrogens (tertiary/aromatic N) is 2. The van der Waals surface area contributed by atoms with Crippen molar-refractivity contribution in [2.24, 2.45) is 11.8 Å². The molecule has 2 amide bonds. The largest absolute Gasteiger partial charge is 0.465 e. The zero-order valence-electron chi connectivity index (χ0n) is 20.6. The molecule has 34 heavy (non-hydrogen) atoms. The van der Waals surface area contributed by atoms with Gasteiger partial charge in [0.1, 0.15) is 11.6 Å². The van der Waals surface area contributed by atoms with Crippen LogP contribution < -0.4 is 0 Å². The molecule has 0 radical (unpaired) electrons. The van der Waals surface area contributed by atoms with Gasteiger partial charge < -0.3 is 24.4 Å². The molecule has 0 aromatic heterocycles. The van der Waals surface area contributed by atoms with E-state index in [-0.39, 0.29) is 37.6 Å². The Balaban J connectivity index is 1.92. The minimum atomic E-state index is -1.04. The number of hydrogen-bond acceptors (Lipinski definition) is 6. The zero-order chi connectivity index (χ0) is 24.9. The molecular weight excluding hydrogens is 436 g/mol. The number of carbonyl (C=O) groups is 3. The van der Waals surface area contributed by atoms with Gasteiger partial charge >= 0.3 is 5.97 Å². The van der Waals surface area contributed by atoms with Crippen molar-refractivity contribution < 1.29 is 29.0 Å². The maximum absolute atomic E-state index is 14.0. The van der Waals surface area contributed by atoms with E-state index in [0.29, 0.717) is 32.2 Å². The summed E-state index contributed by atoms with van der Waals surface area (Å²) < 4.78 is 11.9. The van der Waals surface area contributed by atoms with Gasteiger partial charge in [-0.1, -0.05) is 25.5 Å². The van der Waals surface area contributed by atoms with Crippen molar-refractivity contribution in [3.8, 4) is 0 Å². The lowest BCUT2D eigenvalue weighted by Gasteiger charge is -2.38. The highest BCUT2D eigenvalue weighted by atomic mass is 16.6. The molecule has 1 N–H and O–H groups in total. The fraction of sp³-hybridized carbons (Fsp3) is 0.731. The van der Waals surface area contributed by atoms with Crippen LogP contribution >= 0.6 is 0 Å². The van der Waals surface area contributed by atoms with E-state index in [1.165, 1.54) is 0 Å². The molecule has 3 unspecified atom stereocenters. The Labute approximate surface area is 202 Å². The second-order valence-electron chi connectivity index (χ2n) is 9.68. The van der Waals surface area contributed by atoms with Gasteiger partial charge in [0.25, 0.3) is 0 Å². The molecule has 3 fully saturated rings. The van der Waals surface area contributed by atoms with E-state index in [1.807, 2.05) is 6.92 Å². The number of aliphatic hydroxyl groups excluding tert-OH is 1. The van der Waals surface area contributed by atoms with Crippen LogP contribution in [-0.2, 0) is 23.9 Å². The van der Waals surface area contributed by atoms with Gasteiger partial charge in [-0.2, -0.15) is 0 Å². The first kappa shape index (κ1) is 26.4. The lowest BCUT2D eigenvalue weighted by atomic mass is 9.70. The number of esters is 1. The van der Waals surface area contributed by atoms with Crippen LogP contribution in [0.1, 0.15) is 58.8 Å². The third-order valence-corrected chi connectivity index (χ3v) is 7.51. The molecular formula is C26H40N2O6. The molecule has 0 aromatic carbocycles. The monoisotopic (exact) mass is 476 g/mol. The first-order valence-electron chi connectivity index (χ1n) is 12.7. The Morgan fingerprint density at radius 2 is 2.12 bits per heavy atom. The molecule has 3 heterocycles. The third-order valence-electron chi connectivity index (χ3n) is 7.51. The Morgan fingerprint density at radius 1 is 1.35 bits per heavy atom. The molecule has 8 nitrogen and oxygen atoms in total. The summed E-state index contributed by atoms with van der Waals surface area (Å²) in [6.45, 7) is 12.4. The van der Waals surface area contributed by atoms with E-state index in [1.54, 1.807) is 22.0 Å². The number of rotatable bonds is 14. The third kappa shape index (κ3) is 4.67. The Hall–Kier alpha value is -2.19. The van der Waals surface area contributed by atoms with Crippen molar-refractivity contribution in [1.29, 1.82) is 0 Å². The highest BCUT2D eigenvalue weighted by Gasteiger charge is 2.75. The van der Waals surface area contributed by atoms with Gasteiger partial charge in [0.05, 0.1) is 24.5 Å². The molecule has 0 saturated carbocycles. The van der Waals surface area contributed by atoms with Crippen LogP contribution in [0.2, 0.25) is 0 Å². The molecule has 2 bridgehead atoms. The number of ether oxygens (including phenoxy) is 2. The first-order chi connectivity index (χ1) is 16.4. The summed E-state index contributed by atoms with van der Waals surface area (Å²) in [5.74, 6) is -2.29. The van der Waals surface area contributed by atoms with E-state index in [9.17, 15) is 19.5 Å². The maximum Gasteiger partial charge on any atom is 0.312 e. The predicted molar refractivity (Wildman–Crippen MR) is 128 cm³/mol. The van der Waals surface area contributed by atoms with Crippen LogP contribution in [0.5, 0.6) is 0 Å². The zero-order valence-corrected chi connectivity index (χ0v) is 20.6. The number of allylic oxidation sites excluding steroid dienone is 1. The Bertz CT molecular complexity index is 785. The normalized spacial score (nSPS) is 30.2. The van der Waals surface area contributed by atoms with Gasteiger partial charge in [0.15, 0.2) is 0 Å². The van der Waals surface area contributed by atoms with Crippen molar-refractivity contribution in [1.82, 2.24) is 9.80 Å². The standard InChI is InChI=1S/C26H40N2O6/c1-5-8-9-17-33-25(32)20-19-12-13-26(34-19)21(20)23(30)28(15-10-16-29)22(26)24(31)27(14-7-3)18(4)11-6-2/h5,7,18-22,29H,1,3,6,8-17H2,2,4H3/t18?,19-,20+,21-,22?,26?/m0/s1. The summed E-state index contributed by atoms with van der Waals surface area (Å²) in [4.78, 5) is 44.1. The minimum absolute atomic E-state index is 0.0232. The second kappa shape index (κ2) is 11.5. The average molecular weight is 477 g/mol. The van der Waals surface area contributed by atoms with Crippen molar-refractivity contribution >= 4 is 17.8 Å². The predicted octanol–water partition coefficient (Wildman–Crippen LogP) is 2.46. The number of carbonyl (C=O) groups excluding carboxylic acids is 3. The quantitative estimate of drug-likeness (QED) is 0.235. The van der Waals surface area contributed by atoms with E-state index in [0.717, 1.165) is 19.3 Å². The first-order valence-corrected chi connectivity index (χ1v) is 12.7. The van der Waals surface area contributed by atoms with Crippen molar-refractivity contribution in [2.45, 2.75) is 82.6 Å². The molecule has 3 aliphatic heterocycles. The fourth-order valence-electron chi connectivity index (χ4n) is 6.04. The molecule has 190 valence electrons. The summed E-state index contributed by atoms with van der Waals surface area (Å²) in [6.07, 6.45) is 7.73. The van der Waals surface area contributed by atoms with Crippen molar-refractivity contribution in [3.05, 3.63) is 25.3 Å². The molecule has 3 rings (SSSR count). The lowest BCUT2D eigenvalue weighted by molar-refractivity contribution is -0.155. The molecule has 3 aliphatic rings. The number of fused-ring (bicyclic) bond motifs is 1. The van der Waals surface area contributed by atoms with E-state index in [4.69, 9.17) is 9.47 Å².